The third-order valence-corrected chi connectivity index (χ3v) is 5.64. The number of benzene rings is 2. The summed E-state index contributed by atoms with van der Waals surface area (Å²) in [6, 6.07) is 15.0. The van der Waals surface area contributed by atoms with Crippen molar-refractivity contribution in [1.82, 2.24) is 14.7 Å². The summed E-state index contributed by atoms with van der Waals surface area (Å²) in [5, 5.41) is 16.0. The van der Waals surface area contributed by atoms with Crippen LogP contribution in [0.2, 0.25) is 5.02 Å². The van der Waals surface area contributed by atoms with Gasteiger partial charge in [-0.15, -0.1) is 6.58 Å². The molecular weight excluding hydrogens is 438 g/mol. The summed E-state index contributed by atoms with van der Waals surface area (Å²) in [6.07, 6.45) is 2.52. The Morgan fingerprint density at radius 1 is 1.18 bits per heavy atom. The van der Waals surface area contributed by atoms with E-state index in [1.54, 1.807) is 24.8 Å². The second-order valence-corrected chi connectivity index (χ2v) is 8.72. The van der Waals surface area contributed by atoms with Crippen LogP contribution in [0, 0.1) is 6.92 Å². The number of hydrogen-bond acceptors (Lipinski definition) is 5. The average Bonchev–Trinajstić information content (AvgIpc) is 3.09. The molecule has 1 heterocycles. The highest BCUT2D eigenvalue weighted by atomic mass is 35.5. The van der Waals surface area contributed by atoms with Crippen molar-refractivity contribution in [3.63, 3.8) is 0 Å². The van der Waals surface area contributed by atoms with E-state index < -0.39 is 5.60 Å². The van der Waals surface area contributed by atoms with Crippen molar-refractivity contribution in [2.24, 2.45) is 0 Å². The van der Waals surface area contributed by atoms with Crippen LogP contribution in [0.3, 0.4) is 0 Å². The van der Waals surface area contributed by atoms with Crippen LogP contribution in [0.15, 0.2) is 61.2 Å². The highest BCUT2D eigenvalue weighted by Gasteiger charge is 2.25. The number of aromatic nitrogens is 2. The van der Waals surface area contributed by atoms with E-state index in [0.29, 0.717) is 35.5 Å². The van der Waals surface area contributed by atoms with E-state index in [1.807, 2.05) is 55.5 Å². The van der Waals surface area contributed by atoms with Gasteiger partial charge in [0.25, 0.3) is 0 Å². The fraction of sp³-hybridized carbons (Fsp3) is 0.346. The molecule has 2 aromatic carbocycles. The number of aryl methyl sites for hydroxylation is 1. The van der Waals surface area contributed by atoms with Gasteiger partial charge in [-0.1, -0.05) is 36.7 Å². The van der Waals surface area contributed by atoms with Gasteiger partial charge < -0.3 is 14.6 Å². The van der Waals surface area contributed by atoms with Gasteiger partial charge in [-0.05, 0) is 63.2 Å². The van der Waals surface area contributed by atoms with Crippen LogP contribution in [0.5, 0.6) is 17.4 Å². The van der Waals surface area contributed by atoms with E-state index in [0.717, 1.165) is 29.9 Å². The molecule has 0 bridgehead atoms. The maximum atomic E-state index is 10.6. The summed E-state index contributed by atoms with van der Waals surface area (Å²) in [5.41, 5.74) is 1.61. The molecule has 176 valence electrons. The lowest BCUT2D eigenvalue weighted by Gasteiger charge is -2.29. The van der Waals surface area contributed by atoms with Gasteiger partial charge in [-0.25, -0.2) is 4.68 Å². The van der Waals surface area contributed by atoms with Crippen LogP contribution >= 0.6 is 11.6 Å². The van der Waals surface area contributed by atoms with Crippen molar-refractivity contribution in [3.8, 4) is 23.1 Å². The molecule has 1 aromatic heterocycles. The highest BCUT2D eigenvalue weighted by molar-refractivity contribution is 6.30. The van der Waals surface area contributed by atoms with E-state index in [2.05, 4.69) is 18.4 Å². The van der Waals surface area contributed by atoms with Gasteiger partial charge in [0.15, 0.2) is 11.5 Å². The van der Waals surface area contributed by atoms with Gasteiger partial charge >= 0.3 is 0 Å². The summed E-state index contributed by atoms with van der Waals surface area (Å²) < 4.78 is 13.7. The first-order valence-electron chi connectivity index (χ1n) is 11.0. The van der Waals surface area contributed by atoms with Gasteiger partial charge in [-0.3, -0.25) is 4.90 Å². The van der Waals surface area contributed by atoms with Crippen LogP contribution in [0.4, 0.5) is 0 Å². The van der Waals surface area contributed by atoms with Crippen molar-refractivity contribution in [2.45, 2.75) is 39.3 Å². The first kappa shape index (κ1) is 24.8. The molecule has 0 spiro atoms. The summed E-state index contributed by atoms with van der Waals surface area (Å²) in [7, 11) is 1.62. The Morgan fingerprint density at radius 3 is 2.45 bits per heavy atom. The topological polar surface area (TPSA) is 59.8 Å². The molecule has 1 N–H and O–H groups in total. The molecule has 3 aromatic rings. The molecule has 0 saturated heterocycles. The van der Waals surface area contributed by atoms with E-state index in [4.69, 9.17) is 26.2 Å². The Labute approximate surface area is 201 Å². The standard InChI is InChI=1S/C26H32ClN3O3/c1-6-16-29(18-26(4,31)7-2)17-22-19(3)28-30(21-14-12-20(27)13-15-21)25(22)33-24-11-9-8-10-23(24)32-5/h7-15,31H,2,6,16-18H2,1,3-5H3/t26-/m1/s1. The second-order valence-electron chi connectivity index (χ2n) is 8.28. The van der Waals surface area contributed by atoms with Gasteiger partial charge in [0.2, 0.25) is 5.88 Å². The lowest BCUT2D eigenvalue weighted by atomic mass is 10.1. The van der Waals surface area contributed by atoms with Crippen LogP contribution in [0.25, 0.3) is 5.69 Å². The van der Waals surface area contributed by atoms with Crippen LogP contribution in [0.1, 0.15) is 31.5 Å². The molecule has 33 heavy (non-hydrogen) atoms. The molecule has 0 aliphatic rings. The fourth-order valence-electron chi connectivity index (χ4n) is 3.66. The predicted molar refractivity (Wildman–Crippen MR) is 133 cm³/mol. The monoisotopic (exact) mass is 469 g/mol. The molecule has 0 aliphatic heterocycles. The SMILES string of the molecule is C=C[C@@](C)(O)CN(CCC)Cc1c(C)nn(-c2ccc(Cl)cc2)c1Oc1ccccc1OC. The van der Waals surface area contributed by atoms with Crippen molar-refractivity contribution in [3.05, 3.63) is 77.5 Å². The fourth-order valence-corrected chi connectivity index (χ4v) is 3.79. The van der Waals surface area contributed by atoms with E-state index in [9.17, 15) is 5.11 Å². The zero-order valence-electron chi connectivity index (χ0n) is 19.7. The summed E-state index contributed by atoms with van der Waals surface area (Å²) >= 11 is 6.11. The third-order valence-electron chi connectivity index (χ3n) is 5.39. The molecule has 3 rings (SSSR count). The quantitative estimate of drug-likeness (QED) is 0.360. The van der Waals surface area contributed by atoms with Crippen molar-refractivity contribution >= 4 is 11.6 Å². The van der Waals surface area contributed by atoms with Gasteiger partial charge in [0, 0.05) is 18.1 Å². The number of hydrogen-bond donors (Lipinski definition) is 1. The maximum absolute atomic E-state index is 10.6. The van der Waals surface area contributed by atoms with Crippen LogP contribution in [-0.2, 0) is 6.54 Å². The Balaban J connectivity index is 2.08. The molecular formula is C26H32ClN3O3. The molecule has 0 radical (unpaired) electrons. The number of halogens is 1. The largest absolute Gasteiger partial charge is 0.493 e. The van der Waals surface area contributed by atoms with Crippen molar-refractivity contribution in [2.75, 3.05) is 20.2 Å². The number of ether oxygens (including phenoxy) is 2. The van der Waals surface area contributed by atoms with Crippen molar-refractivity contribution < 1.29 is 14.6 Å². The minimum Gasteiger partial charge on any atom is -0.493 e. The predicted octanol–water partition coefficient (Wildman–Crippen LogP) is 5.78. The Morgan fingerprint density at radius 2 is 1.85 bits per heavy atom. The first-order valence-corrected chi connectivity index (χ1v) is 11.4. The molecule has 0 fully saturated rings. The maximum Gasteiger partial charge on any atom is 0.227 e. The summed E-state index contributed by atoms with van der Waals surface area (Å²) in [6.45, 7) is 11.4. The minimum atomic E-state index is -1.00. The lowest BCUT2D eigenvalue weighted by molar-refractivity contribution is 0.0584. The van der Waals surface area contributed by atoms with E-state index >= 15 is 0 Å². The van der Waals surface area contributed by atoms with E-state index in [1.165, 1.54) is 0 Å². The van der Waals surface area contributed by atoms with Gasteiger partial charge in [0.1, 0.15) is 0 Å². The Hall–Kier alpha value is -2.80. The third kappa shape index (κ3) is 6.16. The Bertz CT molecular complexity index is 1080. The van der Waals surface area contributed by atoms with Crippen LogP contribution < -0.4 is 9.47 Å². The zero-order valence-corrected chi connectivity index (χ0v) is 20.5. The molecule has 6 nitrogen and oxygen atoms in total. The molecule has 0 amide bonds. The first-order chi connectivity index (χ1) is 15.8. The normalized spacial score (nSPS) is 13.1. The van der Waals surface area contributed by atoms with Gasteiger partial charge in [-0.2, -0.15) is 5.10 Å². The summed E-state index contributed by atoms with van der Waals surface area (Å²) in [4.78, 5) is 2.19. The van der Waals surface area contributed by atoms with Crippen LogP contribution in [-0.4, -0.2) is 45.6 Å². The lowest BCUT2D eigenvalue weighted by Crippen LogP contribution is -2.39. The number of nitrogens with zero attached hydrogens (tertiary/aromatic N) is 3. The number of rotatable bonds is 11. The second kappa shape index (κ2) is 10.9. The number of aliphatic hydroxyl groups is 1. The molecule has 0 unspecified atom stereocenters. The van der Waals surface area contributed by atoms with E-state index in [-0.39, 0.29) is 0 Å². The summed E-state index contributed by atoms with van der Waals surface area (Å²) in [5.74, 6) is 1.82. The zero-order chi connectivity index (χ0) is 24.0. The molecule has 0 aliphatic carbocycles. The smallest absolute Gasteiger partial charge is 0.227 e. The Kier molecular flexibility index (Phi) is 8.19. The van der Waals surface area contributed by atoms with Gasteiger partial charge in [0.05, 0.1) is 29.7 Å². The molecule has 0 saturated carbocycles. The molecule has 7 heteroatoms. The highest BCUT2D eigenvalue weighted by Crippen LogP contribution is 2.36. The number of para-hydroxylation sites is 2. The average molecular weight is 470 g/mol. The number of methoxy groups -OCH3 is 1. The van der Waals surface area contributed by atoms with Crippen molar-refractivity contribution in [1.29, 1.82) is 0 Å². The molecule has 1 atom stereocenters. The minimum absolute atomic E-state index is 0.448.